The number of nitrogens with zero attached hydrogens (tertiary/aromatic N) is 1. The summed E-state index contributed by atoms with van der Waals surface area (Å²) in [4.78, 5) is 4.91. The van der Waals surface area contributed by atoms with Crippen molar-refractivity contribution in [3.63, 3.8) is 0 Å². The third-order valence-electron chi connectivity index (χ3n) is 4.16. The van der Waals surface area contributed by atoms with E-state index in [9.17, 15) is 0 Å². The zero-order valence-electron chi connectivity index (χ0n) is 14.5. The minimum absolute atomic E-state index is 0.112. The Kier molecular flexibility index (Phi) is 5.70. The molecule has 0 saturated heterocycles. The number of hydrogen-bond donors (Lipinski definition) is 0. The van der Waals surface area contributed by atoms with Crippen LogP contribution in [0.1, 0.15) is 31.9 Å². The van der Waals surface area contributed by atoms with Gasteiger partial charge in [0.15, 0.2) is 0 Å². The standard InChI is InChI=1S/C22H25N/c1-6-19(7-2)17(4)23-18(5)22-16(3)12-11-15-21(22)20-13-9-8-10-14-20/h6-15,17H,1H2,2-5H3/b19-7+,23-18-. The molecule has 118 valence electrons. The van der Waals surface area contributed by atoms with Crippen molar-refractivity contribution < 1.29 is 0 Å². The molecule has 0 aromatic heterocycles. The van der Waals surface area contributed by atoms with Gasteiger partial charge in [-0.05, 0) is 50.0 Å². The summed E-state index contributed by atoms with van der Waals surface area (Å²) in [5, 5.41) is 0. The lowest BCUT2D eigenvalue weighted by atomic mass is 9.93. The SMILES string of the molecule is C=C/C(=C\C)C(C)/N=C(/C)c1c(C)cccc1-c1ccccc1. The van der Waals surface area contributed by atoms with Gasteiger partial charge in [-0.1, -0.05) is 67.3 Å². The zero-order chi connectivity index (χ0) is 16.8. The monoisotopic (exact) mass is 303 g/mol. The van der Waals surface area contributed by atoms with Gasteiger partial charge in [-0.15, -0.1) is 0 Å². The fraction of sp³-hybridized carbons (Fsp3) is 0.227. The average Bonchev–Trinajstić information content (AvgIpc) is 2.56. The van der Waals surface area contributed by atoms with Crippen molar-refractivity contribution in [2.24, 2.45) is 4.99 Å². The molecule has 0 heterocycles. The summed E-state index contributed by atoms with van der Waals surface area (Å²) in [6.45, 7) is 12.3. The molecule has 2 rings (SSSR count). The first-order chi connectivity index (χ1) is 11.1. The van der Waals surface area contributed by atoms with E-state index in [-0.39, 0.29) is 6.04 Å². The van der Waals surface area contributed by atoms with Crippen LogP contribution in [0.2, 0.25) is 0 Å². The van der Waals surface area contributed by atoms with Crippen LogP contribution in [0.15, 0.2) is 77.8 Å². The summed E-state index contributed by atoms with van der Waals surface area (Å²) in [5.74, 6) is 0. The van der Waals surface area contributed by atoms with E-state index in [1.54, 1.807) is 0 Å². The van der Waals surface area contributed by atoms with E-state index in [1.807, 2.05) is 19.1 Å². The van der Waals surface area contributed by atoms with Crippen LogP contribution in [0.25, 0.3) is 11.1 Å². The molecule has 1 nitrogen and oxygen atoms in total. The van der Waals surface area contributed by atoms with Gasteiger partial charge in [0.05, 0.1) is 6.04 Å². The molecular weight excluding hydrogens is 278 g/mol. The van der Waals surface area contributed by atoms with Crippen LogP contribution in [0, 0.1) is 6.92 Å². The third kappa shape index (κ3) is 3.87. The van der Waals surface area contributed by atoms with E-state index < -0.39 is 0 Å². The summed E-state index contributed by atoms with van der Waals surface area (Å²) < 4.78 is 0. The molecule has 23 heavy (non-hydrogen) atoms. The van der Waals surface area contributed by atoms with Crippen LogP contribution < -0.4 is 0 Å². The van der Waals surface area contributed by atoms with Crippen LogP contribution in [0.3, 0.4) is 0 Å². The lowest BCUT2D eigenvalue weighted by molar-refractivity contribution is 0.883. The van der Waals surface area contributed by atoms with Gasteiger partial charge in [0.2, 0.25) is 0 Å². The van der Waals surface area contributed by atoms with E-state index in [4.69, 9.17) is 4.99 Å². The van der Waals surface area contributed by atoms with Crippen LogP contribution in [0.4, 0.5) is 0 Å². The summed E-state index contributed by atoms with van der Waals surface area (Å²) in [5.41, 5.74) is 7.16. The molecule has 1 unspecified atom stereocenters. The second-order valence-corrected chi connectivity index (χ2v) is 5.75. The maximum atomic E-state index is 4.91. The Morgan fingerprint density at radius 3 is 2.39 bits per heavy atom. The van der Waals surface area contributed by atoms with Crippen molar-refractivity contribution in [3.05, 3.63) is 84.0 Å². The van der Waals surface area contributed by atoms with Gasteiger partial charge in [-0.2, -0.15) is 0 Å². The summed E-state index contributed by atoms with van der Waals surface area (Å²) in [7, 11) is 0. The first-order valence-electron chi connectivity index (χ1n) is 8.07. The fourth-order valence-electron chi connectivity index (χ4n) is 2.97. The molecule has 1 atom stereocenters. The number of allylic oxidation sites excluding steroid dienone is 1. The first kappa shape index (κ1) is 17.0. The van der Waals surface area contributed by atoms with Gasteiger partial charge < -0.3 is 0 Å². The lowest BCUT2D eigenvalue weighted by Crippen LogP contribution is -2.08. The maximum Gasteiger partial charge on any atom is 0.0720 e. The molecule has 0 saturated carbocycles. The normalized spacial score (nSPS) is 13.7. The molecule has 0 fully saturated rings. The maximum absolute atomic E-state index is 4.91. The van der Waals surface area contributed by atoms with Crippen LogP contribution in [-0.4, -0.2) is 11.8 Å². The highest BCUT2D eigenvalue weighted by atomic mass is 14.8. The minimum atomic E-state index is 0.112. The Morgan fingerprint density at radius 2 is 1.78 bits per heavy atom. The van der Waals surface area contributed by atoms with Gasteiger partial charge >= 0.3 is 0 Å². The predicted molar refractivity (Wildman–Crippen MR) is 102 cm³/mol. The number of hydrogen-bond acceptors (Lipinski definition) is 1. The minimum Gasteiger partial charge on any atom is -0.282 e. The molecular formula is C22H25N. The average molecular weight is 303 g/mol. The second-order valence-electron chi connectivity index (χ2n) is 5.75. The van der Waals surface area contributed by atoms with Crippen molar-refractivity contribution in [1.82, 2.24) is 0 Å². The van der Waals surface area contributed by atoms with Crippen LogP contribution >= 0.6 is 0 Å². The molecule has 0 amide bonds. The largest absolute Gasteiger partial charge is 0.282 e. The molecule has 1 heteroatoms. The smallest absolute Gasteiger partial charge is 0.0720 e. The van der Waals surface area contributed by atoms with Gasteiger partial charge in [0.1, 0.15) is 0 Å². The molecule has 2 aromatic carbocycles. The molecule has 0 radical (unpaired) electrons. The molecule has 0 spiro atoms. The highest BCUT2D eigenvalue weighted by Gasteiger charge is 2.12. The molecule has 0 aliphatic carbocycles. The van der Waals surface area contributed by atoms with Crippen molar-refractivity contribution >= 4 is 5.71 Å². The Hall–Kier alpha value is -2.41. The van der Waals surface area contributed by atoms with E-state index in [2.05, 4.69) is 75.9 Å². The van der Waals surface area contributed by atoms with Crippen molar-refractivity contribution in [2.75, 3.05) is 0 Å². The summed E-state index contributed by atoms with van der Waals surface area (Å²) in [6, 6.07) is 17.0. The number of rotatable bonds is 5. The molecule has 0 aliphatic heterocycles. The fourth-order valence-corrected chi connectivity index (χ4v) is 2.97. The Labute approximate surface area is 140 Å². The van der Waals surface area contributed by atoms with Crippen LogP contribution in [-0.2, 0) is 0 Å². The quantitative estimate of drug-likeness (QED) is 0.475. The number of aliphatic imine (C=N–C) groups is 1. The zero-order valence-corrected chi connectivity index (χ0v) is 14.5. The van der Waals surface area contributed by atoms with E-state index in [0.717, 1.165) is 11.3 Å². The summed E-state index contributed by atoms with van der Waals surface area (Å²) >= 11 is 0. The van der Waals surface area contributed by atoms with Gasteiger partial charge in [0.25, 0.3) is 0 Å². The van der Waals surface area contributed by atoms with Crippen LogP contribution in [0.5, 0.6) is 0 Å². The molecule has 2 aromatic rings. The number of benzene rings is 2. The topological polar surface area (TPSA) is 12.4 Å². The van der Waals surface area contributed by atoms with Gasteiger partial charge in [0, 0.05) is 11.3 Å². The van der Waals surface area contributed by atoms with E-state index in [0.29, 0.717) is 0 Å². The van der Waals surface area contributed by atoms with Gasteiger partial charge in [-0.3, -0.25) is 4.99 Å². The highest BCUT2D eigenvalue weighted by Crippen LogP contribution is 2.27. The number of aryl methyl sites for hydroxylation is 1. The van der Waals surface area contributed by atoms with Crippen molar-refractivity contribution in [3.8, 4) is 11.1 Å². The van der Waals surface area contributed by atoms with Crippen molar-refractivity contribution in [1.29, 1.82) is 0 Å². The first-order valence-corrected chi connectivity index (χ1v) is 8.07. The van der Waals surface area contributed by atoms with E-state index in [1.165, 1.54) is 22.3 Å². The molecule has 0 N–H and O–H groups in total. The Bertz CT molecular complexity index is 736. The Morgan fingerprint density at radius 1 is 1.09 bits per heavy atom. The molecule has 0 bridgehead atoms. The van der Waals surface area contributed by atoms with Crippen molar-refractivity contribution in [2.45, 2.75) is 33.7 Å². The lowest BCUT2D eigenvalue weighted by Gasteiger charge is -2.15. The Balaban J connectivity index is 2.53. The predicted octanol–water partition coefficient (Wildman–Crippen LogP) is 5.99. The third-order valence-corrected chi connectivity index (χ3v) is 4.16. The molecule has 0 aliphatic rings. The van der Waals surface area contributed by atoms with Gasteiger partial charge in [-0.25, -0.2) is 0 Å². The summed E-state index contributed by atoms with van der Waals surface area (Å²) in [6.07, 6.45) is 3.96. The second kappa shape index (κ2) is 7.73. The highest BCUT2D eigenvalue weighted by molar-refractivity contribution is 6.05. The van der Waals surface area contributed by atoms with E-state index >= 15 is 0 Å².